The van der Waals surface area contributed by atoms with Crippen molar-refractivity contribution in [1.82, 2.24) is 5.43 Å². The lowest BCUT2D eigenvalue weighted by molar-refractivity contribution is -0.137. The fraction of sp³-hybridized carbons (Fsp3) is 0.0500. The van der Waals surface area contributed by atoms with Crippen LogP contribution in [0.1, 0.15) is 15.9 Å². The van der Waals surface area contributed by atoms with Crippen LogP contribution in [-0.4, -0.2) is 14.3 Å². The predicted molar refractivity (Wildman–Crippen MR) is 106 cm³/mol. The summed E-state index contributed by atoms with van der Waals surface area (Å²) < 4.78 is 78.7. The summed E-state index contributed by atoms with van der Waals surface area (Å²) in [6, 6.07) is 14.2. The number of carbonyl (C=O) groups excluding carboxylic acids is 1. The number of benzene rings is 3. The van der Waals surface area contributed by atoms with E-state index in [4.69, 9.17) is 0 Å². The van der Waals surface area contributed by atoms with Crippen LogP contribution in [0.4, 0.5) is 28.9 Å². The molecule has 0 aromatic heterocycles. The molecule has 0 aliphatic rings. The summed E-state index contributed by atoms with van der Waals surface area (Å²) in [5, 5.41) is 0. The molecule has 3 aromatic carbocycles. The first-order valence-electron chi connectivity index (χ1n) is 8.67. The molecule has 0 radical (unpaired) electrons. The van der Waals surface area contributed by atoms with Gasteiger partial charge in [0.1, 0.15) is 5.82 Å². The summed E-state index contributed by atoms with van der Waals surface area (Å²) in [7, 11) is -4.10. The third-order valence-electron chi connectivity index (χ3n) is 4.06. The van der Waals surface area contributed by atoms with Crippen LogP contribution >= 0.6 is 0 Å². The lowest BCUT2D eigenvalue weighted by atomic mass is 10.2. The minimum atomic E-state index is -4.53. The average Bonchev–Trinajstić information content (AvgIpc) is 2.73. The number of amides is 1. The highest BCUT2D eigenvalue weighted by molar-refractivity contribution is 7.92. The lowest BCUT2D eigenvalue weighted by Gasteiger charge is -2.12. The van der Waals surface area contributed by atoms with Crippen LogP contribution in [0.15, 0.2) is 77.7 Å². The first-order chi connectivity index (χ1) is 14.6. The Bertz CT molecular complexity index is 1200. The molecule has 1 amide bonds. The van der Waals surface area contributed by atoms with E-state index in [1.807, 2.05) is 0 Å². The molecule has 3 rings (SSSR count). The molecular weight excluding hydrogens is 438 g/mol. The molecule has 0 unspecified atom stereocenters. The number of hydrogen-bond acceptors (Lipinski definition) is 4. The van der Waals surface area contributed by atoms with E-state index in [2.05, 4.69) is 15.6 Å². The van der Waals surface area contributed by atoms with Gasteiger partial charge in [0.2, 0.25) is 0 Å². The standard InChI is InChI=1S/C20H15F4N3O3S/c21-17-6-1-2-7-18(17)27-31(29,30)16-10-8-13(9-11-16)19(28)26-25-15-5-3-4-14(12-15)20(22,23)24/h1-12,25,27H,(H,26,28). The predicted octanol–water partition coefficient (Wildman–Crippen LogP) is 4.40. The molecule has 31 heavy (non-hydrogen) atoms. The molecule has 0 saturated carbocycles. The zero-order valence-electron chi connectivity index (χ0n) is 15.6. The molecule has 0 aliphatic heterocycles. The molecule has 0 aliphatic carbocycles. The molecule has 6 nitrogen and oxygen atoms in total. The van der Waals surface area contributed by atoms with Crippen LogP contribution in [0, 0.1) is 5.82 Å². The molecule has 0 heterocycles. The van der Waals surface area contributed by atoms with Crippen molar-refractivity contribution in [2.45, 2.75) is 11.1 Å². The van der Waals surface area contributed by atoms with E-state index in [1.54, 1.807) is 0 Å². The topological polar surface area (TPSA) is 87.3 Å². The van der Waals surface area contributed by atoms with E-state index >= 15 is 0 Å². The van der Waals surface area contributed by atoms with Crippen LogP contribution in [0.25, 0.3) is 0 Å². The van der Waals surface area contributed by atoms with Gasteiger partial charge in [-0.25, -0.2) is 12.8 Å². The van der Waals surface area contributed by atoms with Crippen molar-refractivity contribution < 1.29 is 30.8 Å². The number of sulfonamides is 1. The van der Waals surface area contributed by atoms with Crippen LogP contribution in [-0.2, 0) is 16.2 Å². The minimum absolute atomic E-state index is 0.0106. The quantitative estimate of drug-likeness (QED) is 0.381. The van der Waals surface area contributed by atoms with Gasteiger partial charge in [0.15, 0.2) is 0 Å². The van der Waals surface area contributed by atoms with Gasteiger partial charge < -0.3 is 0 Å². The van der Waals surface area contributed by atoms with Crippen molar-refractivity contribution in [2.24, 2.45) is 0 Å². The van der Waals surface area contributed by atoms with Gasteiger partial charge in [0.25, 0.3) is 15.9 Å². The third kappa shape index (κ3) is 5.51. The Kier molecular flexibility index (Phi) is 6.16. The van der Waals surface area contributed by atoms with Crippen LogP contribution in [0.2, 0.25) is 0 Å². The average molecular weight is 453 g/mol. The first-order valence-corrected chi connectivity index (χ1v) is 10.2. The molecule has 0 saturated heterocycles. The Morgan fingerprint density at radius 2 is 1.55 bits per heavy atom. The van der Waals surface area contributed by atoms with Crippen molar-refractivity contribution in [1.29, 1.82) is 0 Å². The molecule has 0 atom stereocenters. The zero-order valence-corrected chi connectivity index (χ0v) is 16.4. The molecule has 11 heteroatoms. The van der Waals surface area contributed by atoms with E-state index < -0.39 is 33.5 Å². The molecule has 0 fully saturated rings. The summed E-state index contributed by atoms with van der Waals surface area (Å²) in [5.74, 6) is -1.45. The minimum Gasteiger partial charge on any atom is -0.298 e. The molecular formula is C20H15F4N3O3S. The Labute approximate surface area is 174 Å². The van der Waals surface area contributed by atoms with Gasteiger partial charge in [-0.05, 0) is 54.6 Å². The number of para-hydroxylation sites is 1. The number of hydrazine groups is 1. The smallest absolute Gasteiger partial charge is 0.298 e. The molecule has 0 bridgehead atoms. The highest BCUT2D eigenvalue weighted by atomic mass is 32.2. The largest absolute Gasteiger partial charge is 0.416 e. The zero-order chi connectivity index (χ0) is 22.6. The highest BCUT2D eigenvalue weighted by Crippen LogP contribution is 2.30. The van der Waals surface area contributed by atoms with E-state index in [0.29, 0.717) is 0 Å². The Morgan fingerprint density at radius 3 is 2.19 bits per heavy atom. The SMILES string of the molecule is O=C(NNc1cccc(C(F)(F)F)c1)c1ccc(S(=O)(=O)Nc2ccccc2F)cc1. The summed E-state index contributed by atoms with van der Waals surface area (Å²) >= 11 is 0. The Hall–Kier alpha value is -3.60. The number of nitrogens with one attached hydrogen (secondary N) is 3. The van der Waals surface area contributed by atoms with E-state index in [0.717, 1.165) is 30.3 Å². The molecule has 3 aromatic rings. The molecule has 0 spiro atoms. The number of halogens is 4. The normalized spacial score (nSPS) is 11.6. The summed E-state index contributed by atoms with van der Waals surface area (Å²) in [6.45, 7) is 0. The third-order valence-corrected chi connectivity index (χ3v) is 5.44. The van der Waals surface area contributed by atoms with Gasteiger partial charge in [-0.3, -0.25) is 20.4 Å². The number of hydrogen-bond donors (Lipinski definition) is 3. The van der Waals surface area contributed by atoms with Gasteiger partial charge >= 0.3 is 6.18 Å². The van der Waals surface area contributed by atoms with Gasteiger partial charge in [-0.2, -0.15) is 13.2 Å². The maximum absolute atomic E-state index is 13.7. The monoisotopic (exact) mass is 453 g/mol. The summed E-state index contributed by atoms with van der Waals surface area (Å²) in [5.41, 5.74) is 3.54. The molecule has 3 N–H and O–H groups in total. The Morgan fingerprint density at radius 1 is 0.871 bits per heavy atom. The van der Waals surface area contributed by atoms with Crippen LogP contribution in [0.3, 0.4) is 0 Å². The van der Waals surface area contributed by atoms with E-state index in [-0.39, 0.29) is 21.8 Å². The first kappa shape index (κ1) is 22.1. The second-order valence-corrected chi connectivity index (χ2v) is 7.95. The second-order valence-electron chi connectivity index (χ2n) is 6.27. The summed E-state index contributed by atoms with van der Waals surface area (Å²) in [6.07, 6.45) is -4.53. The van der Waals surface area contributed by atoms with Crippen molar-refractivity contribution in [3.63, 3.8) is 0 Å². The number of alkyl halides is 3. The van der Waals surface area contributed by atoms with Crippen LogP contribution < -0.4 is 15.6 Å². The highest BCUT2D eigenvalue weighted by Gasteiger charge is 2.30. The maximum atomic E-state index is 13.7. The van der Waals surface area contributed by atoms with Crippen molar-refractivity contribution in [2.75, 3.05) is 10.1 Å². The second kappa shape index (κ2) is 8.64. The van der Waals surface area contributed by atoms with Crippen molar-refractivity contribution in [3.8, 4) is 0 Å². The van der Waals surface area contributed by atoms with Crippen LogP contribution in [0.5, 0.6) is 0 Å². The molecule has 162 valence electrons. The number of carbonyl (C=O) groups is 1. The van der Waals surface area contributed by atoms with Gasteiger partial charge in [-0.1, -0.05) is 18.2 Å². The fourth-order valence-corrected chi connectivity index (χ4v) is 3.57. The maximum Gasteiger partial charge on any atom is 0.416 e. The van der Waals surface area contributed by atoms with E-state index in [1.165, 1.54) is 42.5 Å². The van der Waals surface area contributed by atoms with Crippen molar-refractivity contribution >= 4 is 27.3 Å². The van der Waals surface area contributed by atoms with E-state index in [9.17, 15) is 30.8 Å². The summed E-state index contributed by atoms with van der Waals surface area (Å²) in [4.78, 5) is 12.0. The van der Waals surface area contributed by atoms with Crippen molar-refractivity contribution in [3.05, 3.63) is 89.7 Å². The fourth-order valence-electron chi connectivity index (χ4n) is 2.51. The number of rotatable bonds is 6. The lowest BCUT2D eigenvalue weighted by Crippen LogP contribution is -2.29. The Balaban J connectivity index is 1.67. The van der Waals surface area contributed by atoms with Gasteiger partial charge in [0.05, 0.1) is 21.8 Å². The van der Waals surface area contributed by atoms with Gasteiger partial charge in [0, 0.05) is 5.56 Å². The van der Waals surface area contributed by atoms with Gasteiger partial charge in [-0.15, -0.1) is 0 Å². The number of anilines is 2.